The first-order chi connectivity index (χ1) is 4.79. The molecule has 0 atom stereocenters. The SMILES string of the molecule is O=S1(=O)OC(NC(O)(O)O)O1. The highest BCUT2D eigenvalue weighted by molar-refractivity contribution is 7.82. The second-order valence-electron chi connectivity index (χ2n) is 1.71. The van der Waals surface area contributed by atoms with Gasteiger partial charge in [-0.1, -0.05) is 0 Å². The average molecular weight is 187 g/mol. The Morgan fingerprint density at radius 1 is 1.27 bits per heavy atom. The third-order valence-electron chi connectivity index (χ3n) is 0.722. The smallest absolute Gasteiger partial charge is 0.330 e. The molecule has 0 aliphatic carbocycles. The maximum absolute atomic E-state index is 10.1. The van der Waals surface area contributed by atoms with Crippen molar-refractivity contribution in [2.75, 3.05) is 0 Å². The number of hydrogen-bond acceptors (Lipinski definition) is 8. The Balaban J connectivity index is 2.36. The van der Waals surface area contributed by atoms with Gasteiger partial charge in [-0.15, -0.1) is 0 Å². The Morgan fingerprint density at radius 3 is 2.00 bits per heavy atom. The van der Waals surface area contributed by atoms with Crippen LogP contribution in [0.15, 0.2) is 0 Å². The van der Waals surface area contributed by atoms with Gasteiger partial charge < -0.3 is 15.3 Å². The van der Waals surface area contributed by atoms with Gasteiger partial charge in [0, 0.05) is 0 Å². The molecule has 1 aliphatic rings. The van der Waals surface area contributed by atoms with Gasteiger partial charge >= 0.3 is 16.5 Å². The molecule has 1 fully saturated rings. The van der Waals surface area contributed by atoms with Gasteiger partial charge in [-0.2, -0.15) is 22.1 Å². The maximum atomic E-state index is 10.1. The van der Waals surface area contributed by atoms with Gasteiger partial charge in [-0.3, -0.25) is 0 Å². The second kappa shape index (κ2) is 2.35. The van der Waals surface area contributed by atoms with Crippen LogP contribution in [0.5, 0.6) is 0 Å². The molecule has 0 aromatic rings. The Hall–Kier alpha value is -0.290. The Labute approximate surface area is 61.3 Å². The topological polar surface area (TPSA) is 125 Å². The van der Waals surface area contributed by atoms with Gasteiger partial charge in [0.15, 0.2) is 0 Å². The summed E-state index contributed by atoms with van der Waals surface area (Å²) >= 11 is 0. The van der Waals surface area contributed by atoms with Crippen molar-refractivity contribution in [1.82, 2.24) is 5.32 Å². The predicted octanol–water partition coefficient (Wildman–Crippen LogP) is -3.26. The molecule has 1 rings (SSSR count). The lowest BCUT2D eigenvalue weighted by Crippen LogP contribution is -2.57. The van der Waals surface area contributed by atoms with Crippen LogP contribution in [0.2, 0.25) is 0 Å². The highest BCUT2D eigenvalue weighted by atomic mass is 32.3. The number of nitrogens with one attached hydrogen (secondary N) is 1. The molecule has 0 aromatic heterocycles. The summed E-state index contributed by atoms with van der Waals surface area (Å²) in [5.74, 6) is 0. The molecule has 0 unspecified atom stereocenters. The first-order valence-corrected chi connectivity index (χ1v) is 3.68. The summed E-state index contributed by atoms with van der Waals surface area (Å²) in [7, 11) is -4.00. The van der Waals surface area contributed by atoms with Crippen molar-refractivity contribution in [3.8, 4) is 0 Å². The van der Waals surface area contributed by atoms with Gasteiger partial charge in [0.05, 0.1) is 0 Å². The van der Waals surface area contributed by atoms with Crippen molar-refractivity contribution >= 4 is 10.4 Å². The quantitative estimate of drug-likeness (QED) is 0.332. The van der Waals surface area contributed by atoms with Crippen LogP contribution in [0.1, 0.15) is 0 Å². The minimum Gasteiger partial charge on any atom is -0.330 e. The third kappa shape index (κ3) is 2.67. The molecule has 0 radical (unpaired) electrons. The van der Waals surface area contributed by atoms with Crippen molar-refractivity contribution in [2.24, 2.45) is 0 Å². The monoisotopic (exact) mass is 187 g/mol. The molecule has 0 amide bonds. The van der Waals surface area contributed by atoms with Crippen LogP contribution in [-0.2, 0) is 18.8 Å². The highest BCUT2D eigenvalue weighted by Crippen LogP contribution is 2.16. The fourth-order valence-electron chi connectivity index (χ4n) is 0.428. The number of rotatable bonds is 2. The molecule has 1 heterocycles. The minimum atomic E-state index is -4.00. The van der Waals surface area contributed by atoms with Gasteiger partial charge in [0.1, 0.15) is 0 Å². The van der Waals surface area contributed by atoms with Gasteiger partial charge in [0.2, 0.25) is 0 Å². The Bertz CT molecular complexity index is 226. The van der Waals surface area contributed by atoms with Crippen LogP contribution in [0.4, 0.5) is 0 Å². The van der Waals surface area contributed by atoms with Crippen molar-refractivity contribution in [3.63, 3.8) is 0 Å². The molecule has 0 bridgehead atoms. The largest absolute Gasteiger partial charge is 0.407 e. The summed E-state index contributed by atoms with van der Waals surface area (Å²) in [6.45, 7) is 0. The third-order valence-corrected chi connectivity index (χ3v) is 1.54. The van der Waals surface area contributed by atoms with E-state index in [2.05, 4.69) is 8.37 Å². The molecule has 0 saturated carbocycles. The molecular weight excluding hydrogens is 182 g/mol. The van der Waals surface area contributed by atoms with Crippen molar-refractivity contribution in [3.05, 3.63) is 0 Å². The van der Waals surface area contributed by atoms with E-state index in [4.69, 9.17) is 15.3 Å². The van der Waals surface area contributed by atoms with Crippen LogP contribution in [0.3, 0.4) is 0 Å². The van der Waals surface area contributed by atoms with E-state index < -0.39 is 22.9 Å². The molecule has 11 heavy (non-hydrogen) atoms. The second-order valence-corrected chi connectivity index (χ2v) is 2.91. The summed E-state index contributed by atoms with van der Waals surface area (Å²) in [5.41, 5.74) is 0. The van der Waals surface area contributed by atoms with E-state index in [0.29, 0.717) is 0 Å². The lowest BCUT2D eigenvalue weighted by Gasteiger charge is -2.28. The van der Waals surface area contributed by atoms with E-state index in [0.717, 1.165) is 0 Å². The van der Waals surface area contributed by atoms with E-state index in [9.17, 15) is 8.42 Å². The maximum Gasteiger partial charge on any atom is 0.407 e. The van der Waals surface area contributed by atoms with E-state index in [1.165, 1.54) is 5.32 Å². The van der Waals surface area contributed by atoms with Crippen LogP contribution < -0.4 is 5.32 Å². The summed E-state index contributed by atoms with van der Waals surface area (Å²) in [5, 5.41) is 26.0. The minimum absolute atomic E-state index is 1.45. The van der Waals surface area contributed by atoms with Crippen molar-refractivity contribution < 1.29 is 32.1 Å². The molecule has 66 valence electrons. The molecule has 0 spiro atoms. The normalized spacial score (nSPS) is 24.6. The lowest BCUT2D eigenvalue weighted by atomic mass is 10.9. The fourth-order valence-corrected chi connectivity index (χ4v) is 0.966. The molecule has 8 nitrogen and oxygen atoms in total. The summed E-state index contributed by atoms with van der Waals surface area (Å²) in [6, 6.07) is 0. The van der Waals surface area contributed by atoms with E-state index in [1.54, 1.807) is 0 Å². The van der Waals surface area contributed by atoms with E-state index in [1.807, 2.05) is 0 Å². The van der Waals surface area contributed by atoms with Crippen LogP contribution in [0.25, 0.3) is 0 Å². The zero-order valence-electron chi connectivity index (χ0n) is 4.96. The molecule has 1 aliphatic heterocycles. The molecule has 0 aromatic carbocycles. The average Bonchev–Trinajstić information content (AvgIpc) is 1.53. The molecular formula is C2H5NO7S. The first-order valence-electron chi connectivity index (χ1n) is 2.35. The molecule has 4 N–H and O–H groups in total. The summed E-state index contributed by atoms with van der Waals surface area (Å²) in [4.78, 5) is 0. The van der Waals surface area contributed by atoms with Crippen LogP contribution in [0, 0.1) is 0 Å². The first kappa shape index (κ1) is 8.80. The van der Waals surface area contributed by atoms with E-state index in [-0.39, 0.29) is 0 Å². The van der Waals surface area contributed by atoms with Gasteiger partial charge in [0.25, 0.3) is 6.41 Å². The molecule has 9 heteroatoms. The summed E-state index contributed by atoms with van der Waals surface area (Å²) in [6.07, 6.45) is -4.79. The number of hydrogen-bond donors (Lipinski definition) is 4. The zero-order chi connectivity index (χ0) is 8.70. The zero-order valence-corrected chi connectivity index (χ0v) is 5.78. The highest BCUT2D eigenvalue weighted by Gasteiger charge is 2.40. The summed E-state index contributed by atoms with van der Waals surface area (Å²) < 4.78 is 27.8. The van der Waals surface area contributed by atoms with Crippen molar-refractivity contribution in [1.29, 1.82) is 0 Å². The standard InChI is InChI=1S/C2H5NO7S/c4-2(5,6)3-1-9-11(7,8)10-1/h1,3-6H. The lowest BCUT2D eigenvalue weighted by molar-refractivity contribution is -0.358. The van der Waals surface area contributed by atoms with Crippen molar-refractivity contribution in [2.45, 2.75) is 12.5 Å². The Morgan fingerprint density at radius 2 is 1.73 bits per heavy atom. The Kier molecular flexibility index (Phi) is 1.88. The van der Waals surface area contributed by atoms with Crippen LogP contribution in [-0.4, -0.2) is 36.2 Å². The van der Waals surface area contributed by atoms with Gasteiger partial charge in [-0.25, -0.2) is 0 Å². The van der Waals surface area contributed by atoms with E-state index >= 15 is 0 Å². The number of aliphatic hydroxyl groups is 3. The fraction of sp³-hybridized carbons (Fsp3) is 1.00. The van der Waals surface area contributed by atoms with Gasteiger partial charge in [-0.05, 0) is 0 Å². The van der Waals surface area contributed by atoms with Crippen LogP contribution >= 0.6 is 0 Å². The molecule has 1 saturated heterocycles. The predicted molar refractivity (Wildman–Crippen MR) is 27.4 cm³/mol.